The standard InChI is InChI=1S/C19H9ClF4N4O3/c20-11-3-1-2-4-13(11)28-17(19(22,23)24)10(7-26-28)16-14(18(29)30)15(27-31-16)9-5-6-25-8-12(9)21/h1-8H,(H,29,30). The van der Waals surface area contributed by atoms with Gasteiger partial charge in [0, 0.05) is 11.8 Å². The molecule has 3 heterocycles. The Kier molecular flexibility index (Phi) is 4.97. The summed E-state index contributed by atoms with van der Waals surface area (Å²) in [6.07, 6.45) is -2.21. The minimum atomic E-state index is -4.98. The number of alkyl halides is 3. The van der Waals surface area contributed by atoms with Crippen molar-refractivity contribution < 1.29 is 32.0 Å². The van der Waals surface area contributed by atoms with Gasteiger partial charge in [-0.1, -0.05) is 28.9 Å². The van der Waals surface area contributed by atoms with E-state index in [1.54, 1.807) is 0 Å². The highest BCUT2D eigenvalue weighted by Gasteiger charge is 2.42. The quantitative estimate of drug-likeness (QED) is 0.433. The molecule has 4 aromatic rings. The first-order chi connectivity index (χ1) is 14.7. The van der Waals surface area contributed by atoms with E-state index in [1.165, 1.54) is 30.5 Å². The van der Waals surface area contributed by atoms with E-state index in [0.29, 0.717) is 4.68 Å². The molecule has 3 aromatic heterocycles. The van der Waals surface area contributed by atoms with Crippen molar-refractivity contribution >= 4 is 17.6 Å². The lowest BCUT2D eigenvalue weighted by Gasteiger charge is -2.13. The lowest BCUT2D eigenvalue weighted by molar-refractivity contribution is -0.142. The number of hydrogen-bond acceptors (Lipinski definition) is 5. The Hall–Kier alpha value is -3.73. The molecule has 0 fully saturated rings. The zero-order valence-corrected chi connectivity index (χ0v) is 15.8. The first-order valence-electron chi connectivity index (χ1n) is 8.43. The van der Waals surface area contributed by atoms with E-state index in [-0.39, 0.29) is 16.3 Å². The number of carboxylic acids is 1. The van der Waals surface area contributed by atoms with Crippen LogP contribution in [0, 0.1) is 5.82 Å². The smallest absolute Gasteiger partial charge is 0.434 e. The molecule has 7 nitrogen and oxygen atoms in total. The summed E-state index contributed by atoms with van der Waals surface area (Å²) < 4.78 is 61.6. The minimum absolute atomic E-state index is 0.0155. The van der Waals surface area contributed by atoms with E-state index < -0.39 is 46.2 Å². The number of para-hydroxylation sites is 1. The lowest BCUT2D eigenvalue weighted by atomic mass is 10.0. The van der Waals surface area contributed by atoms with Crippen LogP contribution in [-0.2, 0) is 6.18 Å². The number of halogens is 5. The SMILES string of the molecule is O=C(O)c1c(-c2ccncc2F)noc1-c1cnn(-c2ccccc2Cl)c1C(F)(F)F. The molecule has 0 saturated carbocycles. The topological polar surface area (TPSA) is 94.0 Å². The van der Waals surface area contributed by atoms with Gasteiger partial charge >= 0.3 is 12.1 Å². The van der Waals surface area contributed by atoms with Crippen LogP contribution in [0.25, 0.3) is 28.3 Å². The van der Waals surface area contributed by atoms with Crippen LogP contribution in [0.4, 0.5) is 17.6 Å². The third kappa shape index (κ3) is 3.52. The van der Waals surface area contributed by atoms with Crippen LogP contribution in [0.3, 0.4) is 0 Å². The Labute approximate surface area is 175 Å². The second kappa shape index (κ2) is 7.51. The highest BCUT2D eigenvalue weighted by atomic mass is 35.5. The van der Waals surface area contributed by atoms with Gasteiger partial charge in [-0.05, 0) is 18.2 Å². The zero-order chi connectivity index (χ0) is 22.3. The Morgan fingerprint density at radius 1 is 1.13 bits per heavy atom. The number of benzene rings is 1. The predicted molar refractivity (Wildman–Crippen MR) is 99.2 cm³/mol. The van der Waals surface area contributed by atoms with Crippen molar-refractivity contribution in [2.75, 3.05) is 0 Å². The number of hydrogen-bond donors (Lipinski definition) is 1. The normalized spacial score (nSPS) is 11.6. The molecule has 0 spiro atoms. The minimum Gasteiger partial charge on any atom is -0.477 e. The lowest BCUT2D eigenvalue weighted by Crippen LogP contribution is -2.15. The molecule has 0 aliphatic rings. The maximum absolute atomic E-state index is 14.1. The van der Waals surface area contributed by atoms with Crippen molar-refractivity contribution in [3.05, 3.63) is 71.0 Å². The Bertz CT molecular complexity index is 1300. The van der Waals surface area contributed by atoms with Gasteiger partial charge in [-0.3, -0.25) is 4.98 Å². The second-order valence-electron chi connectivity index (χ2n) is 6.16. The summed E-state index contributed by atoms with van der Waals surface area (Å²) in [6.45, 7) is 0. The van der Waals surface area contributed by atoms with Gasteiger partial charge in [0.2, 0.25) is 0 Å². The van der Waals surface area contributed by atoms with Crippen molar-refractivity contribution in [2.45, 2.75) is 6.18 Å². The third-order valence-electron chi connectivity index (χ3n) is 4.30. The van der Waals surface area contributed by atoms with Crippen molar-refractivity contribution in [1.29, 1.82) is 0 Å². The van der Waals surface area contributed by atoms with Gasteiger partial charge < -0.3 is 9.63 Å². The summed E-state index contributed by atoms with van der Waals surface area (Å²) in [5.41, 5.74) is -3.65. The summed E-state index contributed by atoms with van der Waals surface area (Å²) >= 11 is 6.01. The van der Waals surface area contributed by atoms with Crippen LogP contribution >= 0.6 is 11.6 Å². The van der Waals surface area contributed by atoms with Gasteiger partial charge in [-0.15, -0.1) is 0 Å². The molecule has 4 rings (SSSR count). The summed E-state index contributed by atoms with van der Waals surface area (Å²) in [6, 6.07) is 6.80. The Balaban J connectivity index is 1.99. The molecule has 0 unspecified atom stereocenters. The molecule has 1 N–H and O–H groups in total. The number of carboxylic acid groups (broad SMARTS) is 1. The monoisotopic (exact) mass is 452 g/mol. The highest BCUT2D eigenvalue weighted by molar-refractivity contribution is 6.32. The van der Waals surface area contributed by atoms with E-state index in [9.17, 15) is 27.5 Å². The van der Waals surface area contributed by atoms with Crippen LogP contribution in [0.2, 0.25) is 5.02 Å². The molecule has 31 heavy (non-hydrogen) atoms. The van der Waals surface area contributed by atoms with Gasteiger partial charge in [0.25, 0.3) is 0 Å². The van der Waals surface area contributed by atoms with Gasteiger partial charge in [-0.25, -0.2) is 13.9 Å². The number of aromatic carboxylic acids is 1. The fourth-order valence-corrected chi connectivity index (χ4v) is 3.23. The van der Waals surface area contributed by atoms with Crippen LogP contribution in [0.5, 0.6) is 0 Å². The summed E-state index contributed by atoms with van der Waals surface area (Å²) in [7, 11) is 0. The number of pyridine rings is 1. The number of aromatic nitrogens is 4. The first-order valence-corrected chi connectivity index (χ1v) is 8.81. The van der Waals surface area contributed by atoms with E-state index in [2.05, 4.69) is 15.2 Å². The maximum atomic E-state index is 14.1. The van der Waals surface area contributed by atoms with Gasteiger partial charge in [0.15, 0.2) is 17.3 Å². The number of carbonyl (C=O) groups is 1. The van der Waals surface area contributed by atoms with Crippen molar-refractivity contribution in [1.82, 2.24) is 19.9 Å². The average Bonchev–Trinajstić information content (AvgIpc) is 3.32. The molecular formula is C19H9ClF4N4O3. The molecule has 0 aliphatic carbocycles. The van der Waals surface area contributed by atoms with E-state index in [1.807, 2.05) is 0 Å². The summed E-state index contributed by atoms with van der Waals surface area (Å²) in [5.74, 6) is -3.32. The van der Waals surface area contributed by atoms with Crippen LogP contribution in [-0.4, -0.2) is 31.0 Å². The molecule has 0 atom stereocenters. The second-order valence-corrected chi connectivity index (χ2v) is 6.57. The first kappa shape index (κ1) is 20.5. The Morgan fingerprint density at radius 3 is 2.52 bits per heavy atom. The van der Waals surface area contributed by atoms with Gasteiger partial charge in [0.1, 0.15) is 11.3 Å². The van der Waals surface area contributed by atoms with Crippen LogP contribution in [0.1, 0.15) is 16.1 Å². The molecule has 0 saturated heterocycles. The summed E-state index contributed by atoms with van der Waals surface area (Å²) in [5, 5.41) is 16.9. The van der Waals surface area contributed by atoms with E-state index >= 15 is 0 Å². The van der Waals surface area contributed by atoms with Crippen molar-refractivity contribution in [2.24, 2.45) is 0 Å². The number of rotatable bonds is 4. The van der Waals surface area contributed by atoms with E-state index in [4.69, 9.17) is 16.1 Å². The van der Waals surface area contributed by atoms with Crippen molar-refractivity contribution in [3.63, 3.8) is 0 Å². The van der Waals surface area contributed by atoms with Crippen molar-refractivity contribution in [3.8, 4) is 28.3 Å². The molecule has 0 aliphatic heterocycles. The number of nitrogens with zero attached hydrogens (tertiary/aromatic N) is 4. The molecular weight excluding hydrogens is 444 g/mol. The molecule has 12 heteroatoms. The fourth-order valence-electron chi connectivity index (χ4n) is 3.02. The highest BCUT2D eigenvalue weighted by Crippen LogP contribution is 2.42. The van der Waals surface area contributed by atoms with Gasteiger partial charge in [-0.2, -0.15) is 18.3 Å². The third-order valence-corrected chi connectivity index (χ3v) is 4.62. The fraction of sp³-hybridized carbons (Fsp3) is 0.0526. The Morgan fingerprint density at radius 2 is 1.87 bits per heavy atom. The van der Waals surface area contributed by atoms with Crippen LogP contribution in [0.15, 0.2) is 53.4 Å². The molecule has 0 bridgehead atoms. The molecule has 158 valence electrons. The summed E-state index contributed by atoms with van der Waals surface area (Å²) in [4.78, 5) is 15.4. The molecule has 0 radical (unpaired) electrons. The average molecular weight is 453 g/mol. The largest absolute Gasteiger partial charge is 0.477 e. The molecule has 0 amide bonds. The van der Waals surface area contributed by atoms with E-state index in [0.717, 1.165) is 18.5 Å². The predicted octanol–water partition coefficient (Wildman–Crippen LogP) is 5.10. The maximum Gasteiger partial charge on any atom is 0.434 e. The van der Waals surface area contributed by atoms with Gasteiger partial charge in [0.05, 0.1) is 28.7 Å². The molecule has 1 aromatic carbocycles. The van der Waals surface area contributed by atoms with Crippen LogP contribution < -0.4 is 0 Å². The zero-order valence-electron chi connectivity index (χ0n) is 15.1.